The molecule has 0 saturated carbocycles. The fourth-order valence-electron chi connectivity index (χ4n) is 0.661. The second-order valence-electron chi connectivity index (χ2n) is 2.29. The molecule has 2 N–H and O–H groups in total. The van der Waals surface area contributed by atoms with Crippen molar-refractivity contribution in [1.82, 2.24) is 5.01 Å². The van der Waals surface area contributed by atoms with E-state index < -0.39 is 6.09 Å². The Morgan fingerprint density at radius 1 is 1.42 bits per heavy atom. The van der Waals surface area contributed by atoms with E-state index >= 15 is 0 Å². The number of hydrogen-bond acceptors (Lipinski definition) is 3. The lowest BCUT2D eigenvalue weighted by atomic mass is 10.3. The zero-order valence-electron chi connectivity index (χ0n) is 6.73. The third-order valence-electron chi connectivity index (χ3n) is 1.24. The third-order valence-corrected chi connectivity index (χ3v) is 1.24. The van der Waals surface area contributed by atoms with Gasteiger partial charge in [-0.05, 0) is 12.1 Å². The van der Waals surface area contributed by atoms with Crippen LogP contribution in [0.15, 0.2) is 30.3 Å². The van der Waals surface area contributed by atoms with E-state index in [0.29, 0.717) is 5.75 Å². The van der Waals surface area contributed by atoms with Crippen molar-refractivity contribution in [2.75, 3.05) is 7.05 Å². The van der Waals surface area contributed by atoms with Crippen LogP contribution in [0.1, 0.15) is 0 Å². The van der Waals surface area contributed by atoms with Crippen LogP contribution >= 0.6 is 0 Å². The van der Waals surface area contributed by atoms with E-state index in [1.54, 1.807) is 24.3 Å². The first-order chi connectivity index (χ1) is 5.70. The number of hydrazine groups is 1. The molecule has 0 spiro atoms. The molecule has 0 aliphatic heterocycles. The van der Waals surface area contributed by atoms with Crippen molar-refractivity contribution in [3.8, 4) is 5.75 Å². The van der Waals surface area contributed by atoms with E-state index in [2.05, 4.69) is 0 Å². The number of nitrogens with zero attached hydrogens (tertiary/aromatic N) is 1. The number of nitrogens with two attached hydrogens (primary N) is 1. The van der Waals surface area contributed by atoms with Gasteiger partial charge in [0.25, 0.3) is 0 Å². The van der Waals surface area contributed by atoms with Crippen LogP contribution in [-0.4, -0.2) is 18.1 Å². The Balaban J connectivity index is 2.59. The molecule has 1 aromatic rings. The van der Waals surface area contributed by atoms with Crippen molar-refractivity contribution >= 4 is 6.09 Å². The van der Waals surface area contributed by atoms with Gasteiger partial charge in [0, 0.05) is 7.05 Å². The standard InChI is InChI=1S/C8H10N2O2/c1-10(9)8(11)12-7-5-3-2-4-6-7/h2-6H,9H2,1H3. The van der Waals surface area contributed by atoms with Crippen LogP contribution < -0.4 is 10.6 Å². The number of para-hydroxylation sites is 1. The molecule has 64 valence electrons. The van der Waals surface area contributed by atoms with Gasteiger partial charge in [-0.2, -0.15) is 0 Å². The molecule has 12 heavy (non-hydrogen) atoms. The molecule has 0 saturated heterocycles. The molecule has 0 heterocycles. The lowest BCUT2D eigenvalue weighted by Crippen LogP contribution is -2.35. The summed E-state index contributed by atoms with van der Waals surface area (Å²) in [6.45, 7) is 0. The van der Waals surface area contributed by atoms with Gasteiger partial charge in [0.15, 0.2) is 0 Å². The van der Waals surface area contributed by atoms with E-state index in [4.69, 9.17) is 10.6 Å². The summed E-state index contributed by atoms with van der Waals surface area (Å²) in [5.74, 6) is 5.63. The van der Waals surface area contributed by atoms with Crippen LogP contribution in [0.2, 0.25) is 0 Å². The average Bonchev–Trinajstić information content (AvgIpc) is 2.06. The van der Waals surface area contributed by atoms with Gasteiger partial charge in [-0.3, -0.25) is 0 Å². The van der Waals surface area contributed by atoms with Gasteiger partial charge in [-0.15, -0.1) is 0 Å². The van der Waals surface area contributed by atoms with Gasteiger partial charge in [0.2, 0.25) is 0 Å². The molecular formula is C8H10N2O2. The van der Waals surface area contributed by atoms with Crippen molar-refractivity contribution in [1.29, 1.82) is 0 Å². The Labute approximate surface area is 70.5 Å². The Kier molecular flexibility index (Phi) is 2.66. The fraction of sp³-hybridized carbons (Fsp3) is 0.125. The number of amides is 1. The molecule has 4 nitrogen and oxygen atoms in total. The molecular weight excluding hydrogens is 156 g/mol. The molecule has 0 unspecified atom stereocenters. The molecule has 1 amide bonds. The van der Waals surface area contributed by atoms with E-state index in [1.165, 1.54) is 7.05 Å². The Morgan fingerprint density at radius 3 is 2.50 bits per heavy atom. The maximum absolute atomic E-state index is 10.9. The minimum Gasteiger partial charge on any atom is -0.409 e. The summed E-state index contributed by atoms with van der Waals surface area (Å²) in [6.07, 6.45) is -0.582. The first-order valence-electron chi connectivity index (χ1n) is 3.45. The number of hydrogen-bond donors (Lipinski definition) is 1. The average molecular weight is 166 g/mol. The normalized spacial score (nSPS) is 9.17. The highest BCUT2D eigenvalue weighted by Gasteiger charge is 2.05. The predicted molar refractivity (Wildman–Crippen MR) is 44.4 cm³/mol. The van der Waals surface area contributed by atoms with Crippen LogP contribution in [0.25, 0.3) is 0 Å². The van der Waals surface area contributed by atoms with Gasteiger partial charge < -0.3 is 4.74 Å². The second-order valence-corrected chi connectivity index (χ2v) is 2.29. The quantitative estimate of drug-likeness (QED) is 0.384. The van der Waals surface area contributed by atoms with Crippen LogP contribution in [0.3, 0.4) is 0 Å². The summed E-state index contributed by atoms with van der Waals surface area (Å²) in [5, 5.41) is 0.882. The van der Waals surface area contributed by atoms with Crippen LogP contribution in [-0.2, 0) is 0 Å². The molecule has 0 bridgehead atoms. The Hall–Kier alpha value is -1.55. The fourth-order valence-corrected chi connectivity index (χ4v) is 0.661. The predicted octanol–water partition coefficient (Wildman–Crippen LogP) is 0.991. The van der Waals surface area contributed by atoms with Crippen molar-refractivity contribution < 1.29 is 9.53 Å². The number of rotatable bonds is 1. The Bertz CT molecular complexity index is 259. The zero-order chi connectivity index (χ0) is 8.97. The molecule has 0 fully saturated rings. The largest absolute Gasteiger partial charge is 0.429 e. The molecule has 0 aliphatic rings. The van der Waals surface area contributed by atoms with E-state index in [-0.39, 0.29) is 0 Å². The van der Waals surface area contributed by atoms with E-state index in [1.807, 2.05) is 6.07 Å². The van der Waals surface area contributed by atoms with Crippen LogP contribution in [0.5, 0.6) is 5.75 Å². The van der Waals surface area contributed by atoms with Crippen LogP contribution in [0, 0.1) is 0 Å². The van der Waals surface area contributed by atoms with Gasteiger partial charge >= 0.3 is 6.09 Å². The van der Waals surface area contributed by atoms with Crippen LogP contribution in [0.4, 0.5) is 4.79 Å². The summed E-state index contributed by atoms with van der Waals surface area (Å²) < 4.78 is 4.84. The van der Waals surface area contributed by atoms with Crippen molar-refractivity contribution in [3.63, 3.8) is 0 Å². The second kappa shape index (κ2) is 3.73. The highest BCUT2D eigenvalue weighted by Crippen LogP contribution is 2.08. The SMILES string of the molecule is CN(N)C(=O)Oc1ccccc1. The number of carbonyl (C=O) groups excluding carboxylic acids is 1. The maximum Gasteiger partial charge on any atom is 0.429 e. The summed E-state index contributed by atoms with van der Waals surface area (Å²) in [6, 6.07) is 8.75. The lowest BCUT2D eigenvalue weighted by molar-refractivity contribution is 0.163. The molecule has 1 aromatic carbocycles. The van der Waals surface area contributed by atoms with Gasteiger partial charge in [0.1, 0.15) is 5.75 Å². The van der Waals surface area contributed by atoms with Crippen molar-refractivity contribution in [3.05, 3.63) is 30.3 Å². The monoisotopic (exact) mass is 166 g/mol. The molecule has 0 atom stereocenters. The minimum atomic E-state index is -0.582. The molecule has 0 aromatic heterocycles. The van der Waals surface area contributed by atoms with Crippen molar-refractivity contribution in [2.45, 2.75) is 0 Å². The highest BCUT2D eigenvalue weighted by molar-refractivity contribution is 5.69. The van der Waals surface area contributed by atoms with Gasteiger partial charge in [-0.1, -0.05) is 18.2 Å². The topological polar surface area (TPSA) is 55.6 Å². The molecule has 0 aliphatic carbocycles. The number of ether oxygens (including phenoxy) is 1. The number of carbonyl (C=O) groups is 1. The molecule has 0 radical (unpaired) electrons. The summed E-state index contributed by atoms with van der Waals surface area (Å²) in [5.41, 5.74) is 0. The van der Waals surface area contributed by atoms with Crippen molar-refractivity contribution in [2.24, 2.45) is 5.84 Å². The molecule has 1 rings (SSSR count). The first-order valence-corrected chi connectivity index (χ1v) is 3.45. The zero-order valence-corrected chi connectivity index (χ0v) is 6.73. The van der Waals surface area contributed by atoms with Gasteiger partial charge in [-0.25, -0.2) is 15.6 Å². The minimum absolute atomic E-state index is 0.486. The third kappa shape index (κ3) is 2.25. The summed E-state index contributed by atoms with van der Waals surface area (Å²) >= 11 is 0. The number of benzene rings is 1. The summed E-state index contributed by atoms with van der Waals surface area (Å²) in [7, 11) is 1.42. The van der Waals surface area contributed by atoms with Gasteiger partial charge in [0.05, 0.1) is 0 Å². The molecule has 4 heteroatoms. The maximum atomic E-state index is 10.9. The Morgan fingerprint density at radius 2 is 2.00 bits per heavy atom. The van der Waals surface area contributed by atoms with E-state index in [0.717, 1.165) is 5.01 Å². The smallest absolute Gasteiger partial charge is 0.409 e. The summed E-state index contributed by atoms with van der Waals surface area (Å²) in [4.78, 5) is 10.9. The first kappa shape index (κ1) is 8.55. The lowest BCUT2D eigenvalue weighted by Gasteiger charge is -2.09. The van der Waals surface area contributed by atoms with E-state index in [9.17, 15) is 4.79 Å². The highest BCUT2D eigenvalue weighted by atomic mass is 16.6.